The summed E-state index contributed by atoms with van der Waals surface area (Å²) >= 11 is 0. The maximum atomic E-state index is 14.1. The molecule has 0 aromatic heterocycles. The van der Waals surface area contributed by atoms with E-state index in [0.29, 0.717) is 37.3 Å². The van der Waals surface area contributed by atoms with Gasteiger partial charge in [0.05, 0.1) is 19.2 Å². The summed E-state index contributed by atoms with van der Waals surface area (Å²) in [7, 11) is 1.38. The van der Waals surface area contributed by atoms with Crippen molar-refractivity contribution >= 4 is 17.4 Å². The second kappa shape index (κ2) is 7.35. The zero-order chi connectivity index (χ0) is 16.1. The van der Waals surface area contributed by atoms with Crippen LogP contribution in [0.15, 0.2) is 18.2 Å². The van der Waals surface area contributed by atoms with Crippen molar-refractivity contribution in [1.82, 2.24) is 4.90 Å². The van der Waals surface area contributed by atoms with Crippen LogP contribution in [0, 0.1) is 5.82 Å². The number of nitrogens with zero attached hydrogens (tertiary/aromatic N) is 2. The van der Waals surface area contributed by atoms with Gasteiger partial charge in [-0.3, -0.25) is 14.5 Å². The average Bonchev–Trinajstić information content (AvgIpc) is 2.53. The average molecular weight is 308 g/mol. The van der Waals surface area contributed by atoms with E-state index in [4.69, 9.17) is 0 Å². The van der Waals surface area contributed by atoms with E-state index in [0.717, 1.165) is 13.1 Å². The van der Waals surface area contributed by atoms with Gasteiger partial charge < -0.3 is 9.64 Å². The van der Waals surface area contributed by atoms with Crippen LogP contribution >= 0.6 is 0 Å². The van der Waals surface area contributed by atoms with E-state index >= 15 is 0 Å². The van der Waals surface area contributed by atoms with E-state index < -0.39 is 0 Å². The molecule has 0 atom stereocenters. The summed E-state index contributed by atoms with van der Waals surface area (Å²) in [5.74, 6) is -0.720. The monoisotopic (exact) mass is 308 g/mol. The fourth-order valence-corrected chi connectivity index (χ4v) is 2.55. The van der Waals surface area contributed by atoms with Crippen molar-refractivity contribution in [2.75, 3.05) is 44.7 Å². The quantitative estimate of drug-likeness (QED) is 0.612. The van der Waals surface area contributed by atoms with E-state index in [2.05, 4.69) is 9.64 Å². The molecule has 1 heterocycles. The highest BCUT2D eigenvalue weighted by molar-refractivity contribution is 5.94. The fourth-order valence-electron chi connectivity index (χ4n) is 2.55. The van der Waals surface area contributed by atoms with Crippen LogP contribution in [0.1, 0.15) is 23.7 Å². The van der Waals surface area contributed by atoms with Gasteiger partial charge in [-0.25, -0.2) is 4.39 Å². The Morgan fingerprint density at radius 1 is 1.23 bits per heavy atom. The molecule has 1 aromatic carbocycles. The van der Waals surface area contributed by atoms with Crippen LogP contribution in [0.25, 0.3) is 0 Å². The zero-order valence-electron chi connectivity index (χ0n) is 13.0. The van der Waals surface area contributed by atoms with Crippen LogP contribution in [0.3, 0.4) is 0 Å². The smallest absolute Gasteiger partial charge is 0.306 e. The van der Waals surface area contributed by atoms with Crippen LogP contribution in [0.4, 0.5) is 10.1 Å². The largest absolute Gasteiger partial charge is 0.469 e. The summed E-state index contributed by atoms with van der Waals surface area (Å²) in [6.45, 7) is 5.01. The highest BCUT2D eigenvalue weighted by Crippen LogP contribution is 2.22. The third-order valence-electron chi connectivity index (χ3n) is 3.93. The first-order valence-corrected chi connectivity index (χ1v) is 7.36. The molecule has 0 unspecified atom stereocenters. The first-order chi connectivity index (χ1) is 10.5. The van der Waals surface area contributed by atoms with Crippen molar-refractivity contribution in [2.24, 2.45) is 0 Å². The van der Waals surface area contributed by atoms with Crippen molar-refractivity contribution in [1.29, 1.82) is 0 Å². The SMILES string of the molecule is COC(=O)CCN1CCN(c2ccc(C(C)=O)cc2F)CC1. The lowest BCUT2D eigenvalue weighted by atomic mass is 10.1. The van der Waals surface area contributed by atoms with Gasteiger partial charge in [-0.15, -0.1) is 0 Å². The number of rotatable bonds is 5. The molecule has 22 heavy (non-hydrogen) atoms. The van der Waals surface area contributed by atoms with Crippen molar-refractivity contribution in [2.45, 2.75) is 13.3 Å². The molecule has 120 valence electrons. The van der Waals surface area contributed by atoms with Crippen molar-refractivity contribution in [3.05, 3.63) is 29.6 Å². The molecular formula is C16H21FN2O3. The molecule has 5 nitrogen and oxygen atoms in total. The fraction of sp³-hybridized carbons (Fsp3) is 0.500. The minimum absolute atomic E-state index is 0.141. The number of ketones is 1. The van der Waals surface area contributed by atoms with Gasteiger partial charge in [0, 0.05) is 38.3 Å². The molecule has 0 bridgehead atoms. The van der Waals surface area contributed by atoms with Crippen LogP contribution in [0.5, 0.6) is 0 Å². The van der Waals surface area contributed by atoms with Gasteiger partial charge in [-0.1, -0.05) is 0 Å². The van der Waals surface area contributed by atoms with E-state index in [1.54, 1.807) is 12.1 Å². The van der Waals surface area contributed by atoms with Crippen LogP contribution < -0.4 is 4.90 Å². The number of Topliss-reactive ketones (excluding diaryl/α,β-unsaturated/α-hetero) is 1. The molecule has 2 rings (SSSR count). The van der Waals surface area contributed by atoms with Gasteiger partial charge in [-0.05, 0) is 25.1 Å². The van der Waals surface area contributed by atoms with E-state index in [-0.39, 0.29) is 17.6 Å². The van der Waals surface area contributed by atoms with Crippen molar-refractivity contribution in [3.63, 3.8) is 0 Å². The summed E-state index contributed by atoms with van der Waals surface area (Å²) in [4.78, 5) is 26.5. The van der Waals surface area contributed by atoms with Crippen molar-refractivity contribution < 1.29 is 18.7 Å². The molecule has 1 saturated heterocycles. The first-order valence-electron chi connectivity index (χ1n) is 7.36. The third-order valence-corrected chi connectivity index (χ3v) is 3.93. The topological polar surface area (TPSA) is 49.9 Å². The normalized spacial score (nSPS) is 15.7. The number of anilines is 1. The maximum absolute atomic E-state index is 14.1. The Morgan fingerprint density at radius 3 is 2.45 bits per heavy atom. The number of carbonyl (C=O) groups is 2. The molecule has 6 heteroatoms. The van der Waals surface area contributed by atoms with E-state index in [1.807, 2.05) is 4.90 Å². The number of ether oxygens (including phenoxy) is 1. The second-order valence-electron chi connectivity index (χ2n) is 5.38. The van der Waals surface area contributed by atoms with Crippen LogP contribution in [-0.4, -0.2) is 56.5 Å². The summed E-state index contributed by atoms with van der Waals surface area (Å²) in [6.07, 6.45) is 0.373. The molecule has 1 aliphatic heterocycles. The Bertz CT molecular complexity index is 554. The number of carbonyl (C=O) groups excluding carboxylic acids is 2. The van der Waals surface area contributed by atoms with Gasteiger partial charge in [-0.2, -0.15) is 0 Å². The number of benzene rings is 1. The summed E-state index contributed by atoms with van der Waals surface area (Å²) < 4.78 is 18.7. The Labute approximate surface area is 129 Å². The Morgan fingerprint density at radius 2 is 1.91 bits per heavy atom. The highest BCUT2D eigenvalue weighted by Gasteiger charge is 2.20. The predicted octanol–water partition coefficient (Wildman–Crippen LogP) is 1.71. The molecule has 0 spiro atoms. The molecule has 0 N–H and O–H groups in total. The molecule has 0 saturated carbocycles. The maximum Gasteiger partial charge on any atom is 0.306 e. The van der Waals surface area contributed by atoms with Gasteiger partial charge in [0.15, 0.2) is 5.78 Å². The predicted molar refractivity (Wildman–Crippen MR) is 81.7 cm³/mol. The molecule has 0 radical (unpaired) electrons. The van der Waals surface area contributed by atoms with Gasteiger partial charge in [0.1, 0.15) is 5.82 Å². The van der Waals surface area contributed by atoms with Crippen LogP contribution in [0.2, 0.25) is 0 Å². The zero-order valence-corrected chi connectivity index (χ0v) is 13.0. The Hall–Kier alpha value is -1.95. The first kappa shape index (κ1) is 16.4. The van der Waals surface area contributed by atoms with E-state index in [1.165, 1.54) is 20.1 Å². The van der Waals surface area contributed by atoms with Crippen LogP contribution in [-0.2, 0) is 9.53 Å². The van der Waals surface area contributed by atoms with Gasteiger partial charge >= 0.3 is 5.97 Å². The Balaban J connectivity index is 1.91. The minimum Gasteiger partial charge on any atom is -0.469 e. The number of hydrogen-bond acceptors (Lipinski definition) is 5. The van der Waals surface area contributed by atoms with E-state index in [9.17, 15) is 14.0 Å². The lowest BCUT2D eigenvalue weighted by molar-refractivity contribution is -0.141. The van der Waals surface area contributed by atoms with Gasteiger partial charge in [0.25, 0.3) is 0 Å². The number of halogens is 1. The number of piperazine rings is 1. The summed E-state index contributed by atoms with van der Waals surface area (Å²) in [5, 5.41) is 0. The molecule has 0 amide bonds. The number of esters is 1. The summed E-state index contributed by atoms with van der Waals surface area (Å²) in [5.41, 5.74) is 0.913. The Kier molecular flexibility index (Phi) is 5.49. The molecular weight excluding hydrogens is 287 g/mol. The molecule has 0 aliphatic carbocycles. The standard InChI is InChI=1S/C16H21FN2O3/c1-12(20)13-3-4-15(14(17)11-13)19-9-7-18(8-10-19)6-5-16(21)22-2/h3-4,11H,5-10H2,1-2H3. The van der Waals surface area contributed by atoms with Gasteiger partial charge in [0.2, 0.25) is 0 Å². The minimum atomic E-state index is -0.365. The molecule has 1 aliphatic rings. The number of hydrogen-bond donors (Lipinski definition) is 0. The third kappa shape index (κ3) is 4.04. The second-order valence-corrected chi connectivity index (χ2v) is 5.38. The highest BCUT2D eigenvalue weighted by atomic mass is 19.1. The lowest BCUT2D eigenvalue weighted by Gasteiger charge is -2.36. The lowest BCUT2D eigenvalue weighted by Crippen LogP contribution is -2.47. The molecule has 1 aromatic rings. The van der Waals surface area contributed by atoms with Crippen molar-refractivity contribution in [3.8, 4) is 0 Å². The summed E-state index contributed by atoms with van der Waals surface area (Å²) in [6, 6.07) is 4.61. The number of methoxy groups -OCH3 is 1. The molecule has 1 fully saturated rings.